The standard InChI is InChI=1S/C48H26S3/c1-3-12-32-30(10-1)45(27-18-22-41-38(25-27)29-9-5-7-15-39(29)49-41)31-11-2-4-13-33(31)46(32)28-17-19-37-44(26-28)51-43-24-21-34-35(48(37)43)20-23-42-47(34)36-14-6-8-16-40(36)50-42/h1-26H. The molecule has 51 heavy (non-hydrogen) atoms. The maximum absolute atomic E-state index is 2.45. The minimum atomic E-state index is 1.27. The van der Waals surface area contributed by atoms with Crippen LogP contribution in [0.5, 0.6) is 0 Å². The molecule has 12 aromatic rings. The van der Waals surface area contributed by atoms with Crippen molar-refractivity contribution in [3.63, 3.8) is 0 Å². The molecule has 12 rings (SSSR count). The van der Waals surface area contributed by atoms with Crippen molar-refractivity contribution >= 4 is 127 Å². The Morgan fingerprint density at radius 1 is 0.235 bits per heavy atom. The molecule has 0 nitrogen and oxygen atoms in total. The molecule has 0 aliphatic carbocycles. The highest BCUT2D eigenvalue weighted by molar-refractivity contribution is 7.27. The van der Waals surface area contributed by atoms with E-state index in [4.69, 9.17) is 0 Å². The minimum Gasteiger partial charge on any atom is -0.135 e. The van der Waals surface area contributed by atoms with E-state index >= 15 is 0 Å². The van der Waals surface area contributed by atoms with Crippen LogP contribution in [0.2, 0.25) is 0 Å². The maximum atomic E-state index is 2.45. The van der Waals surface area contributed by atoms with Crippen molar-refractivity contribution in [3.05, 3.63) is 158 Å². The van der Waals surface area contributed by atoms with Crippen LogP contribution in [0.4, 0.5) is 0 Å². The number of hydrogen-bond acceptors (Lipinski definition) is 3. The van der Waals surface area contributed by atoms with Gasteiger partial charge in [-0.2, -0.15) is 0 Å². The van der Waals surface area contributed by atoms with Gasteiger partial charge in [0, 0.05) is 60.5 Å². The highest BCUT2D eigenvalue weighted by atomic mass is 32.1. The van der Waals surface area contributed by atoms with Gasteiger partial charge in [0.15, 0.2) is 0 Å². The van der Waals surface area contributed by atoms with Crippen LogP contribution in [0.25, 0.3) is 115 Å². The fourth-order valence-electron chi connectivity index (χ4n) is 8.69. The number of thiophene rings is 3. The fraction of sp³-hybridized carbons (Fsp3) is 0. The average molecular weight is 699 g/mol. The number of benzene rings is 9. The predicted octanol–water partition coefficient (Wildman–Crippen LogP) is 15.6. The Bertz CT molecular complexity index is 3370. The summed E-state index contributed by atoms with van der Waals surface area (Å²) in [5.41, 5.74) is 5.15. The van der Waals surface area contributed by atoms with E-state index in [1.54, 1.807) is 0 Å². The van der Waals surface area contributed by atoms with Gasteiger partial charge in [-0.25, -0.2) is 0 Å². The number of hydrogen-bond donors (Lipinski definition) is 0. The van der Waals surface area contributed by atoms with Crippen molar-refractivity contribution < 1.29 is 0 Å². The highest BCUT2D eigenvalue weighted by Crippen LogP contribution is 2.48. The van der Waals surface area contributed by atoms with Crippen LogP contribution in [0.15, 0.2) is 158 Å². The van der Waals surface area contributed by atoms with Gasteiger partial charge in [-0.1, -0.05) is 115 Å². The summed E-state index contributed by atoms with van der Waals surface area (Å²) in [7, 11) is 0. The molecule has 0 unspecified atom stereocenters. The van der Waals surface area contributed by atoms with Gasteiger partial charge in [0.1, 0.15) is 0 Å². The molecule has 0 aliphatic rings. The third kappa shape index (κ3) is 3.94. The molecule has 0 saturated heterocycles. The Kier molecular flexibility index (Phi) is 5.78. The Labute approximate surface area is 305 Å². The van der Waals surface area contributed by atoms with Gasteiger partial charge in [0.05, 0.1) is 0 Å². The number of fused-ring (bicyclic) bond motifs is 14. The van der Waals surface area contributed by atoms with E-state index in [-0.39, 0.29) is 0 Å². The second-order valence-electron chi connectivity index (χ2n) is 13.5. The van der Waals surface area contributed by atoms with Gasteiger partial charge in [-0.3, -0.25) is 0 Å². The maximum Gasteiger partial charge on any atom is 0.0361 e. The molecule has 0 amide bonds. The van der Waals surface area contributed by atoms with Crippen LogP contribution < -0.4 is 0 Å². The largest absolute Gasteiger partial charge is 0.135 e. The Hall–Kier alpha value is -5.58. The summed E-state index contributed by atoms with van der Waals surface area (Å²) in [5.74, 6) is 0. The van der Waals surface area contributed by atoms with E-state index in [0.717, 1.165) is 0 Å². The zero-order valence-corrected chi connectivity index (χ0v) is 29.7. The average Bonchev–Trinajstić information content (AvgIpc) is 3.87. The van der Waals surface area contributed by atoms with Crippen LogP contribution in [0.3, 0.4) is 0 Å². The summed E-state index contributed by atoms with van der Waals surface area (Å²) in [4.78, 5) is 0. The summed E-state index contributed by atoms with van der Waals surface area (Å²) in [6.07, 6.45) is 0. The molecule has 0 spiro atoms. The van der Waals surface area contributed by atoms with Crippen LogP contribution in [-0.2, 0) is 0 Å². The van der Waals surface area contributed by atoms with Gasteiger partial charge >= 0.3 is 0 Å². The van der Waals surface area contributed by atoms with Crippen LogP contribution in [0, 0.1) is 0 Å². The van der Waals surface area contributed by atoms with E-state index in [1.165, 1.54) is 115 Å². The lowest BCUT2D eigenvalue weighted by molar-refractivity contribution is 1.70. The SMILES string of the molecule is c1ccc2c(c1)sc1ccc(-c3c4ccccc4c(-c4ccc5c(c4)sc4ccc6c(ccc7sc8ccccc8c76)c45)c4ccccc34)cc12. The fourth-order valence-corrected chi connectivity index (χ4v) is 12.1. The van der Waals surface area contributed by atoms with E-state index in [1.807, 2.05) is 34.0 Å². The van der Waals surface area contributed by atoms with Crippen LogP contribution in [-0.4, -0.2) is 0 Å². The van der Waals surface area contributed by atoms with Crippen LogP contribution in [0.1, 0.15) is 0 Å². The molecule has 3 heteroatoms. The smallest absolute Gasteiger partial charge is 0.0361 e. The lowest BCUT2D eigenvalue weighted by Gasteiger charge is -2.18. The van der Waals surface area contributed by atoms with Crippen molar-refractivity contribution in [3.8, 4) is 22.3 Å². The Morgan fingerprint density at radius 3 is 1.25 bits per heavy atom. The first-order valence-electron chi connectivity index (χ1n) is 17.3. The highest BCUT2D eigenvalue weighted by Gasteiger charge is 2.19. The zero-order valence-electron chi connectivity index (χ0n) is 27.2. The Morgan fingerprint density at radius 2 is 0.627 bits per heavy atom. The van der Waals surface area contributed by atoms with E-state index in [9.17, 15) is 0 Å². The molecule has 0 atom stereocenters. The van der Waals surface area contributed by atoms with E-state index in [0.29, 0.717) is 0 Å². The molecule has 0 bridgehead atoms. The molecule has 3 aromatic heterocycles. The molecular formula is C48H26S3. The van der Waals surface area contributed by atoms with Crippen molar-refractivity contribution in [2.45, 2.75) is 0 Å². The third-order valence-corrected chi connectivity index (χ3v) is 14.3. The summed E-state index contributed by atoms with van der Waals surface area (Å²) in [6.45, 7) is 0. The Balaban J connectivity index is 1.11. The molecular weight excluding hydrogens is 673 g/mol. The first kappa shape index (κ1) is 28.2. The van der Waals surface area contributed by atoms with E-state index < -0.39 is 0 Å². The van der Waals surface area contributed by atoms with Crippen molar-refractivity contribution in [2.24, 2.45) is 0 Å². The second-order valence-corrected chi connectivity index (χ2v) is 16.8. The summed E-state index contributed by atoms with van der Waals surface area (Å²) in [5, 5.41) is 16.0. The molecule has 0 N–H and O–H groups in total. The van der Waals surface area contributed by atoms with Crippen molar-refractivity contribution in [1.29, 1.82) is 0 Å². The van der Waals surface area contributed by atoms with Gasteiger partial charge in [-0.15, -0.1) is 34.0 Å². The lowest BCUT2D eigenvalue weighted by Crippen LogP contribution is -1.90. The second kappa shape index (κ2) is 10.5. The quantitative estimate of drug-likeness (QED) is 0.158. The molecule has 0 aliphatic heterocycles. The monoisotopic (exact) mass is 698 g/mol. The first-order chi connectivity index (χ1) is 25.3. The van der Waals surface area contributed by atoms with Gasteiger partial charge in [0.25, 0.3) is 0 Å². The molecule has 236 valence electrons. The molecule has 0 fully saturated rings. The lowest BCUT2D eigenvalue weighted by atomic mass is 9.85. The third-order valence-electron chi connectivity index (χ3n) is 10.9. The normalized spacial score (nSPS) is 12.3. The van der Waals surface area contributed by atoms with Gasteiger partial charge < -0.3 is 0 Å². The van der Waals surface area contributed by atoms with Crippen molar-refractivity contribution in [1.82, 2.24) is 0 Å². The predicted molar refractivity (Wildman–Crippen MR) is 228 cm³/mol. The molecule has 0 saturated carbocycles. The molecule has 9 aromatic carbocycles. The summed E-state index contributed by atoms with van der Waals surface area (Å²) < 4.78 is 8.06. The first-order valence-corrected chi connectivity index (χ1v) is 19.8. The van der Waals surface area contributed by atoms with Gasteiger partial charge in [-0.05, 0) is 97.0 Å². The summed E-state index contributed by atoms with van der Waals surface area (Å²) >= 11 is 5.68. The molecule has 0 radical (unpaired) electrons. The van der Waals surface area contributed by atoms with E-state index in [2.05, 4.69) is 158 Å². The van der Waals surface area contributed by atoms with Crippen LogP contribution >= 0.6 is 34.0 Å². The van der Waals surface area contributed by atoms with Crippen molar-refractivity contribution in [2.75, 3.05) is 0 Å². The zero-order chi connectivity index (χ0) is 33.2. The molecule has 3 heterocycles. The topological polar surface area (TPSA) is 0 Å². The van der Waals surface area contributed by atoms with Gasteiger partial charge in [0.2, 0.25) is 0 Å². The summed E-state index contributed by atoms with van der Waals surface area (Å²) in [6, 6.07) is 59.3. The minimum absolute atomic E-state index is 1.27. The number of rotatable bonds is 2.